The molecule has 1 heterocycles. The molecule has 0 aliphatic carbocycles. The normalized spacial score (nSPS) is 14.8. The Balaban J connectivity index is 2.47. The van der Waals surface area contributed by atoms with E-state index in [1.165, 1.54) is 0 Å². The van der Waals surface area contributed by atoms with Crippen LogP contribution < -0.4 is 5.76 Å². The Kier molecular flexibility index (Phi) is 3.57. The third-order valence-corrected chi connectivity index (χ3v) is 3.29. The van der Waals surface area contributed by atoms with Crippen LogP contribution >= 0.6 is 0 Å². The highest BCUT2D eigenvalue weighted by atomic mass is 16.4. The molecule has 0 amide bonds. The maximum absolute atomic E-state index is 12.3. The van der Waals surface area contributed by atoms with Crippen LogP contribution in [0, 0.1) is 11.8 Å². The third-order valence-electron chi connectivity index (χ3n) is 3.29. The van der Waals surface area contributed by atoms with E-state index in [4.69, 9.17) is 4.42 Å². The van der Waals surface area contributed by atoms with E-state index < -0.39 is 23.7 Å². The molecule has 5 heteroatoms. The molecule has 0 saturated heterocycles. The molecule has 2 atom stereocenters. The van der Waals surface area contributed by atoms with E-state index in [9.17, 15) is 14.7 Å². The van der Waals surface area contributed by atoms with Crippen LogP contribution in [-0.4, -0.2) is 21.7 Å². The van der Waals surface area contributed by atoms with Crippen molar-refractivity contribution in [3.05, 3.63) is 34.8 Å². The van der Waals surface area contributed by atoms with Crippen LogP contribution in [0.25, 0.3) is 11.1 Å². The van der Waals surface area contributed by atoms with Crippen molar-refractivity contribution in [1.29, 1.82) is 0 Å². The molecular formula is C14H17NO4. The van der Waals surface area contributed by atoms with Crippen LogP contribution in [0.3, 0.4) is 0 Å². The van der Waals surface area contributed by atoms with Crippen LogP contribution in [0.15, 0.2) is 33.5 Å². The Bertz CT molecular complexity index is 653. The van der Waals surface area contributed by atoms with Crippen LogP contribution in [0.4, 0.5) is 0 Å². The number of oxazole rings is 1. The minimum atomic E-state index is -0.798. The van der Waals surface area contributed by atoms with Gasteiger partial charge >= 0.3 is 5.76 Å². The van der Waals surface area contributed by atoms with Crippen molar-refractivity contribution in [2.75, 3.05) is 0 Å². The predicted molar refractivity (Wildman–Crippen MR) is 71.1 cm³/mol. The summed E-state index contributed by atoms with van der Waals surface area (Å²) in [5.74, 6) is -1.89. The first kappa shape index (κ1) is 13.5. The smallest absolute Gasteiger partial charge is 0.407 e. The molecule has 0 bridgehead atoms. The summed E-state index contributed by atoms with van der Waals surface area (Å²) in [7, 11) is 0. The lowest BCUT2D eigenvalue weighted by atomic mass is 9.94. The molecular weight excluding hydrogens is 246 g/mol. The molecule has 1 aromatic heterocycles. The number of nitrogens with zero attached hydrogens (tertiary/aromatic N) is 1. The lowest BCUT2D eigenvalue weighted by molar-refractivity contribution is 0.0480. The molecule has 1 N–H and O–H groups in total. The summed E-state index contributed by atoms with van der Waals surface area (Å²) in [6, 6.07) is 6.73. The van der Waals surface area contributed by atoms with Crippen molar-refractivity contribution in [3.63, 3.8) is 0 Å². The summed E-state index contributed by atoms with van der Waals surface area (Å²) in [5.41, 5.74) is 0.799. The van der Waals surface area contributed by atoms with Crippen LogP contribution in [0.5, 0.6) is 0 Å². The minimum Gasteiger partial charge on any atom is -0.407 e. The predicted octanol–water partition coefficient (Wildman–Crippen LogP) is 1.89. The van der Waals surface area contributed by atoms with Crippen LogP contribution in [0.1, 0.15) is 25.6 Å². The number of aliphatic hydroxyl groups is 1. The van der Waals surface area contributed by atoms with Gasteiger partial charge in [-0.25, -0.2) is 9.36 Å². The number of aliphatic hydroxyl groups excluding tert-OH is 1. The second-order valence-electron chi connectivity index (χ2n) is 5.03. The number of rotatable bonds is 3. The number of hydrogen-bond donors (Lipinski definition) is 1. The fourth-order valence-corrected chi connectivity index (χ4v) is 2.10. The summed E-state index contributed by atoms with van der Waals surface area (Å²) in [4.78, 5) is 24.1. The minimum absolute atomic E-state index is 0.0622. The molecule has 5 nitrogen and oxygen atoms in total. The zero-order valence-corrected chi connectivity index (χ0v) is 11.2. The Morgan fingerprint density at radius 1 is 1.26 bits per heavy atom. The second kappa shape index (κ2) is 5.01. The first-order chi connectivity index (χ1) is 8.93. The van der Waals surface area contributed by atoms with Crippen molar-refractivity contribution < 1.29 is 14.3 Å². The molecule has 0 fully saturated rings. The lowest BCUT2D eigenvalue weighted by Crippen LogP contribution is -2.36. The molecule has 19 heavy (non-hydrogen) atoms. The lowest BCUT2D eigenvalue weighted by Gasteiger charge is -2.20. The van der Waals surface area contributed by atoms with Gasteiger partial charge in [-0.3, -0.25) is 4.79 Å². The second-order valence-corrected chi connectivity index (χ2v) is 5.03. The molecule has 2 unspecified atom stereocenters. The van der Waals surface area contributed by atoms with Gasteiger partial charge in [-0.2, -0.15) is 0 Å². The highest BCUT2D eigenvalue weighted by Crippen LogP contribution is 2.18. The van der Waals surface area contributed by atoms with Gasteiger partial charge in [0.2, 0.25) is 5.91 Å². The molecule has 0 aliphatic heterocycles. The van der Waals surface area contributed by atoms with Gasteiger partial charge < -0.3 is 9.52 Å². The Morgan fingerprint density at radius 3 is 2.53 bits per heavy atom. The third kappa shape index (κ3) is 2.33. The molecule has 2 rings (SSSR count). The highest BCUT2D eigenvalue weighted by molar-refractivity contribution is 5.90. The number of fused-ring (bicyclic) bond motifs is 1. The fraction of sp³-hybridized carbons (Fsp3) is 0.429. The van der Waals surface area contributed by atoms with Gasteiger partial charge in [0.25, 0.3) is 0 Å². The number of benzene rings is 1. The summed E-state index contributed by atoms with van der Waals surface area (Å²) in [5, 5.41) is 9.96. The average Bonchev–Trinajstić information content (AvgIpc) is 2.71. The summed E-state index contributed by atoms with van der Waals surface area (Å²) in [6.45, 7) is 5.26. The van der Waals surface area contributed by atoms with Crippen LogP contribution in [-0.2, 0) is 0 Å². The van der Waals surface area contributed by atoms with E-state index in [1.54, 1.807) is 31.2 Å². The maximum atomic E-state index is 12.3. The largest absolute Gasteiger partial charge is 0.426 e. The Labute approximate surface area is 110 Å². The van der Waals surface area contributed by atoms with E-state index in [0.717, 1.165) is 4.57 Å². The quantitative estimate of drug-likeness (QED) is 0.917. The number of carbonyl (C=O) groups is 1. The molecule has 0 spiro atoms. The van der Waals surface area contributed by atoms with Gasteiger partial charge in [0.15, 0.2) is 5.58 Å². The zero-order chi connectivity index (χ0) is 14.2. The molecule has 0 saturated carbocycles. The Hall–Kier alpha value is -1.88. The molecule has 2 aromatic rings. The van der Waals surface area contributed by atoms with Crippen molar-refractivity contribution in [2.45, 2.75) is 26.9 Å². The van der Waals surface area contributed by atoms with Gasteiger partial charge in [-0.15, -0.1) is 0 Å². The standard InChI is InChI=1S/C14H17NO4/c1-8(2)12(16)9(3)13(17)15-10-6-4-5-7-11(10)19-14(15)18/h4-9,12,16H,1-3H3. The monoisotopic (exact) mass is 263 g/mol. The number of aromatic nitrogens is 1. The Morgan fingerprint density at radius 2 is 1.89 bits per heavy atom. The van der Waals surface area contributed by atoms with E-state index in [-0.39, 0.29) is 5.92 Å². The zero-order valence-electron chi connectivity index (χ0n) is 11.2. The summed E-state index contributed by atoms with van der Waals surface area (Å²) >= 11 is 0. The first-order valence-corrected chi connectivity index (χ1v) is 6.26. The van der Waals surface area contributed by atoms with E-state index in [0.29, 0.717) is 11.1 Å². The van der Waals surface area contributed by atoms with Crippen LogP contribution in [0.2, 0.25) is 0 Å². The number of para-hydroxylation sites is 2. The molecule has 0 aliphatic rings. The van der Waals surface area contributed by atoms with Crippen molar-refractivity contribution in [1.82, 2.24) is 4.57 Å². The molecule has 0 radical (unpaired) electrons. The SMILES string of the molecule is CC(C)C(O)C(C)C(=O)n1c(=O)oc2ccccc21. The summed E-state index contributed by atoms with van der Waals surface area (Å²) in [6.07, 6.45) is -0.798. The van der Waals surface area contributed by atoms with Crippen molar-refractivity contribution >= 4 is 17.0 Å². The van der Waals surface area contributed by atoms with Crippen molar-refractivity contribution in [2.24, 2.45) is 11.8 Å². The van der Waals surface area contributed by atoms with Gasteiger partial charge in [0.1, 0.15) is 0 Å². The molecule has 1 aromatic carbocycles. The maximum Gasteiger partial charge on any atom is 0.426 e. The fourth-order valence-electron chi connectivity index (χ4n) is 2.10. The highest BCUT2D eigenvalue weighted by Gasteiger charge is 2.28. The van der Waals surface area contributed by atoms with Crippen molar-refractivity contribution in [3.8, 4) is 0 Å². The van der Waals surface area contributed by atoms with E-state index in [2.05, 4.69) is 0 Å². The average molecular weight is 263 g/mol. The topological polar surface area (TPSA) is 72.4 Å². The van der Waals surface area contributed by atoms with E-state index >= 15 is 0 Å². The van der Waals surface area contributed by atoms with Gasteiger partial charge in [0, 0.05) is 0 Å². The van der Waals surface area contributed by atoms with Gasteiger partial charge in [-0.1, -0.05) is 32.9 Å². The summed E-state index contributed by atoms with van der Waals surface area (Å²) < 4.78 is 6.01. The number of hydrogen-bond acceptors (Lipinski definition) is 4. The molecule has 102 valence electrons. The number of carbonyl (C=O) groups excluding carboxylic acids is 1. The van der Waals surface area contributed by atoms with Gasteiger partial charge in [0.05, 0.1) is 17.5 Å². The van der Waals surface area contributed by atoms with Gasteiger partial charge in [-0.05, 0) is 18.1 Å². The first-order valence-electron chi connectivity index (χ1n) is 6.26. The van der Waals surface area contributed by atoms with E-state index in [1.807, 2.05) is 13.8 Å².